The molecule has 2 heterocycles. The van der Waals surface area contributed by atoms with Crippen LogP contribution in [-0.2, 0) is 21.2 Å². The van der Waals surface area contributed by atoms with Crippen LogP contribution in [0.4, 0.5) is 10.6 Å². The first-order valence-corrected chi connectivity index (χ1v) is 11.2. The van der Waals surface area contributed by atoms with Gasteiger partial charge in [-0.2, -0.15) is 0 Å². The Hall–Kier alpha value is -2.59. The van der Waals surface area contributed by atoms with Gasteiger partial charge in [-0.05, 0) is 36.2 Å². The Morgan fingerprint density at radius 2 is 1.93 bits per heavy atom. The molecule has 1 saturated heterocycles. The Morgan fingerprint density at radius 1 is 1.18 bits per heavy atom. The lowest BCUT2D eigenvalue weighted by atomic mass is 10.1. The lowest BCUT2D eigenvalue weighted by molar-refractivity contribution is -0.118. The molecule has 2 amide bonds. The summed E-state index contributed by atoms with van der Waals surface area (Å²) in [6, 6.07) is 12.2. The van der Waals surface area contributed by atoms with Crippen LogP contribution in [0.2, 0.25) is 0 Å². The number of hydrogen-bond donors (Lipinski definition) is 1. The smallest absolute Gasteiger partial charge is 0.286 e. The highest BCUT2D eigenvalue weighted by Gasteiger charge is 2.31. The van der Waals surface area contributed by atoms with Crippen molar-refractivity contribution in [3.63, 3.8) is 0 Å². The molecule has 8 nitrogen and oxygen atoms in total. The minimum Gasteiger partial charge on any atom is -0.492 e. The average molecular weight is 422 g/mol. The highest BCUT2D eigenvalue weighted by atomic mass is 32.2. The lowest BCUT2D eigenvalue weighted by Gasteiger charge is -2.21. The van der Waals surface area contributed by atoms with Gasteiger partial charge in [0.05, 0.1) is 18.1 Å². The number of nitrogens with one attached hydrogen (secondary N) is 1. The molecule has 1 aliphatic heterocycles. The Kier molecular flexibility index (Phi) is 6.20. The Labute approximate surface area is 167 Å². The van der Waals surface area contributed by atoms with Crippen LogP contribution in [0.1, 0.15) is 5.56 Å². The molecule has 1 aromatic heterocycles. The third-order valence-electron chi connectivity index (χ3n) is 3.98. The van der Waals surface area contributed by atoms with Crippen molar-refractivity contribution in [2.24, 2.45) is 0 Å². The molecule has 0 saturated carbocycles. The van der Waals surface area contributed by atoms with Crippen LogP contribution < -0.4 is 14.4 Å². The summed E-state index contributed by atoms with van der Waals surface area (Å²) in [4.78, 5) is 26.9. The summed E-state index contributed by atoms with van der Waals surface area (Å²) in [6.07, 6.45) is 3.10. The second kappa shape index (κ2) is 8.61. The van der Waals surface area contributed by atoms with Gasteiger partial charge in [-0.25, -0.2) is 13.4 Å². The van der Waals surface area contributed by atoms with Crippen LogP contribution >= 0.6 is 11.8 Å². The number of nitrogens with zero attached hydrogens (tertiary/aromatic N) is 2. The maximum atomic E-state index is 12.0. The SMILES string of the molecule is CS(=O)(=O)N(CCOc1ccc(CC2SC(=O)NC2=O)cc1)c1ccccn1. The number of pyridine rings is 1. The first-order valence-electron chi connectivity index (χ1n) is 8.45. The summed E-state index contributed by atoms with van der Waals surface area (Å²) in [5.41, 5.74) is 0.904. The van der Waals surface area contributed by atoms with E-state index in [-0.39, 0.29) is 24.3 Å². The molecule has 1 aromatic carbocycles. The van der Waals surface area contributed by atoms with Gasteiger partial charge in [-0.1, -0.05) is 30.0 Å². The van der Waals surface area contributed by atoms with Crippen molar-refractivity contribution in [2.45, 2.75) is 11.7 Å². The van der Waals surface area contributed by atoms with E-state index in [1.54, 1.807) is 30.3 Å². The highest BCUT2D eigenvalue weighted by molar-refractivity contribution is 8.15. The number of hydrogen-bond acceptors (Lipinski definition) is 7. The zero-order valence-corrected chi connectivity index (χ0v) is 16.7. The van der Waals surface area contributed by atoms with E-state index >= 15 is 0 Å². The Balaban J connectivity index is 1.56. The van der Waals surface area contributed by atoms with Crippen molar-refractivity contribution in [3.8, 4) is 5.75 Å². The van der Waals surface area contributed by atoms with Crippen LogP contribution in [-0.4, -0.2) is 49.2 Å². The number of benzene rings is 1. The average Bonchev–Trinajstić information content (AvgIpc) is 2.97. The third-order valence-corrected chi connectivity index (χ3v) is 6.13. The van der Waals surface area contributed by atoms with Gasteiger partial charge in [0.25, 0.3) is 5.24 Å². The largest absolute Gasteiger partial charge is 0.492 e. The number of aromatic nitrogens is 1. The number of amides is 2. The quantitative estimate of drug-likeness (QED) is 0.693. The van der Waals surface area contributed by atoms with E-state index in [2.05, 4.69) is 10.3 Å². The van der Waals surface area contributed by atoms with Crippen LogP contribution in [0.25, 0.3) is 0 Å². The second-order valence-corrected chi connectivity index (χ2v) is 9.19. The van der Waals surface area contributed by atoms with E-state index in [0.29, 0.717) is 18.0 Å². The minimum atomic E-state index is -3.48. The molecule has 1 unspecified atom stereocenters. The van der Waals surface area contributed by atoms with Gasteiger partial charge < -0.3 is 4.74 Å². The zero-order chi connectivity index (χ0) is 20.1. The molecule has 1 aliphatic rings. The van der Waals surface area contributed by atoms with Crippen molar-refractivity contribution in [1.29, 1.82) is 0 Å². The van der Waals surface area contributed by atoms with E-state index in [9.17, 15) is 18.0 Å². The van der Waals surface area contributed by atoms with Crippen LogP contribution in [0.3, 0.4) is 0 Å². The van der Waals surface area contributed by atoms with E-state index in [1.165, 1.54) is 10.5 Å². The fourth-order valence-corrected chi connectivity index (χ4v) is 4.38. The molecular weight excluding hydrogens is 402 g/mol. The number of sulfonamides is 1. The number of carbonyl (C=O) groups is 2. The van der Waals surface area contributed by atoms with Crippen LogP contribution in [0.5, 0.6) is 5.75 Å². The number of rotatable bonds is 8. The predicted molar refractivity (Wildman–Crippen MR) is 107 cm³/mol. The van der Waals surface area contributed by atoms with Crippen molar-refractivity contribution in [2.75, 3.05) is 23.7 Å². The molecule has 1 fully saturated rings. The molecular formula is C18H19N3O5S2. The second-order valence-electron chi connectivity index (χ2n) is 6.10. The number of anilines is 1. The van der Waals surface area contributed by atoms with Crippen molar-refractivity contribution in [1.82, 2.24) is 10.3 Å². The minimum absolute atomic E-state index is 0.124. The number of carbonyl (C=O) groups excluding carboxylic acids is 2. The van der Waals surface area contributed by atoms with Gasteiger partial charge in [0.2, 0.25) is 15.9 Å². The molecule has 0 radical (unpaired) electrons. The summed E-state index contributed by atoms with van der Waals surface area (Å²) in [5, 5.41) is 1.53. The first-order chi connectivity index (χ1) is 13.3. The normalized spacial score (nSPS) is 16.7. The summed E-state index contributed by atoms with van der Waals surface area (Å²) in [5.74, 6) is 0.648. The van der Waals surface area contributed by atoms with E-state index < -0.39 is 15.3 Å². The lowest BCUT2D eigenvalue weighted by Crippen LogP contribution is -2.34. The molecule has 0 aliphatic carbocycles. The molecule has 2 aromatic rings. The standard InChI is InChI=1S/C18H19N3O5S2/c1-28(24,25)21(16-4-2-3-9-19-16)10-11-26-14-7-5-13(6-8-14)12-15-17(22)20-18(23)27-15/h2-9,15H,10-12H2,1H3,(H,20,22,23). The van der Waals surface area contributed by atoms with Gasteiger partial charge in [-0.3, -0.25) is 19.2 Å². The van der Waals surface area contributed by atoms with E-state index in [1.807, 2.05) is 12.1 Å². The summed E-state index contributed by atoms with van der Waals surface area (Å²) in [6.45, 7) is 0.275. The maximum Gasteiger partial charge on any atom is 0.286 e. The molecule has 1 N–H and O–H groups in total. The zero-order valence-electron chi connectivity index (χ0n) is 15.1. The van der Waals surface area contributed by atoms with Gasteiger partial charge in [0.1, 0.15) is 18.2 Å². The van der Waals surface area contributed by atoms with Crippen molar-refractivity contribution in [3.05, 3.63) is 54.2 Å². The molecule has 148 valence electrons. The Bertz CT molecular complexity index is 949. The molecule has 0 spiro atoms. The summed E-state index contributed by atoms with van der Waals surface area (Å²) < 4.78 is 30.8. The van der Waals surface area contributed by atoms with Crippen LogP contribution in [0.15, 0.2) is 48.7 Å². The van der Waals surface area contributed by atoms with Crippen molar-refractivity contribution >= 4 is 38.7 Å². The maximum absolute atomic E-state index is 12.0. The highest BCUT2D eigenvalue weighted by Crippen LogP contribution is 2.24. The fraction of sp³-hybridized carbons (Fsp3) is 0.278. The molecule has 28 heavy (non-hydrogen) atoms. The first kappa shape index (κ1) is 20.2. The van der Waals surface area contributed by atoms with Gasteiger partial charge in [-0.15, -0.1) is 0 Å². The third kappa shape index (κ3) is 5.23. The predicted octanol–water partition coefficient (Wildman–Crippen LogP) is 1.82. The van der Waals surface area contributed by atoms with Crippen molar-refractivity contribution < 1.29 is 22.7 Å². The fourth-order valence-electron chi connectivity index (χ4n) is 2.66. The topological polar surface area (TPSA) is 106 Å². The van der Waals surface area contributed by atoms with Gasteiger partial charge >= 0.3 is 0 Å². The molecule has 0 bridgehead atoms. The number of ether oxygens (including phenoxy) is 1. The molecule has 3 rings (SSSR count). The molecule has 1 atom stereocenters. The molecule has 10 heteroatoms. The number of imide groups is 1. The van der Waals surface area contributed by atoms with Gasteiger partial charge in [0.15, 0.2) is 0 Å². The van der Waals surface area contributed by atoms with E-state index in [4.69, 9.17) is 4.74 Å². The van der Waals surface area contributed by atoms with Gasteiger partial charge in [0, 0.05) is 6.20 Å². The van der Waals surface area contributed by atoms with Crippen LogP contribution in [0, 0.1) is 0 Å². The summed E-state index contributed by atoms with van der Waals surface area (Å²) >= 11 is 0.991. The summed E-state index contributed by atoms with van der Waals surface area (Å²) in [7, 11) is -3.48. The number of thioether (sulfide) groups is 1. The Morgan fingerprint density at radius 3 is 2.50 bits per heavy atom. The van der Waals surface area contributed by atoms with E-state index in [0.717, 1.165) is 23.6 Å². The monoisotopic (exact) mass is 421 g/mol.